The van der Waals surface area contributed by atoms with Crippen molar-refractivity contribution < 1.29 is 49.6 Å². The third-order valence-electron chi connectivity index (χ3n) is 5.33. The Morgan fingerprint density at radius 1 is 0.968 bits per heavy atom. The van der Waals surface area contributed by atoms with Crippen molar-refractivity contribution in [2.45, 2.75) is 43.2 Å². The molecule has 0 aliphatic carbocycles. The number of hydrogen-bond donors (Lipinski definition) is 6. The molecule has 31 heavy (non-hydrogen) atoms. The molecule has 4 rings (SSSR count). The van der Waals surface area contributed by atoms with Crippen LogP contribution in [0.25, 0.3) is 0 Å². The number of aliphatic hydroxyl groups excluding tert-OH is 4. The van der Waals surface area contributed by atoms with E-state index in [4.69, 9.17) is 14.2 Å². The molecule has 2 aromatic rings. The van der Waals surface area contributed by atoms with Crippen LogP contribution in [0.1, 0.15) is 28.4 Å². The van der Waals surface area contributed by atoms with Gasteiger partial charge in [-0.25, -0.2) is 0 Å². The van der Waals surface area contributed by atoms with E-state index < -0.39 is 43.4 Å². The summed E-state index contributed by atoms with van der Waals surface area (Å²) in [5.74, 6) is -0.669. The Morgan fingerprint density at radius 2 is 1.68 bits per heavy atom. The fourth-order valence-corrected chi connectivity index (χ4v) is 3.67. The number of Topliss-reactive ketones (excluding diaryl/α,β-unsaturated/α-hetero) is 1. The van der Waals surface area contributed by atoms with E-state index in [0.29, 0.717) is 5.56 Å². The van der Waals surface area contributed by atoms with Crippen molar-refractivity contribution >= 4 is 5.78 Å². The molecule has 166 valence electrons. The Balaban J connectivity index is 1.63. The highest BCUT2D eigenvalue weighted by Gasteiger charge is 2.45. The molecule has 6 atom stereocenters. The van der Waals surface area contributed by atoms with Gasteiger partial charge in [-0.05, 0) is 17.7 Å². The summed E-state index contributed by atoms with van der Waals surface area (Å²) in [5.41, 5.74) is 0.668. The van der Waals surface area contributed by atoms with Crippen LogP contribution in [0.2, 0.25) is 0 Å². The monoisotopic (exact) mass is 434 g/mol. The molecule has 10 heteroatoms. The Hall–Kier alpha value is -2.89. The Kier molecular flexibility index (Phi) is 5.73. The van der Waals surface area contributed by atoms with Gasteiger partial charge in [-0.2, -0.15) is 0 Å². The summed E-state index contributed by atoms with van der Waals surface area (Å²) in [7, 11) is 0. The molecule has 10 nitrogen and oxygen atoms in total. The van der Waals surface area contributed by atoms with E-state index in [9.17, 15) is 35.4 Å². The van der Waals surface area contributed by atoms with Crippen LogP contribution in [0.5, 0.6) is 23.0 Å². The van der Waals surface area contributed by atoms with Gasteiger partial charge in [0.2, 0.25) is 6.29 Å². The van der Waals surface area contributed by atoms with Crippen LogP contribution in [0.3, 0.4) is 0 Å². The molecule has 0 radical (unpaired) electrons. The van der Waals surface area contributed by atoms with Crippen LogP contribution in [-0.4, -0.2) is 73.7 Å². The van der Waals surface area contributed by atoms with E-state index in [0.717, 1.165) is 6.07 Å². The zero-order chi connectivity index (χ0) is 22.3. The summed E-state index contributed by atoms with van der Waals surface area (Å²) in [6.45, 7) is -0.640. The number of benzene rings is 2. The zero-order valence-electron chi connectivity index (χ0n) is 16.2. The minimum absolute atomic E-state index is 0.0183. The average molecular weight is 434 g/mol. The van der Waals surface area contributed by atoms with Gasteiger partial charge in [0.1, 0.15) is 59.1 Å². The minimum Gasteiger partial charge on any atom is -0.508 e. The van der Waals surface area contributed by atoms with Crippen LogP contribution in [-0.2, 0) is 4.74 Å². The molecule has 2 aliphatic heterocycles. The molecule has 0 unspecified atom stereocenters. The van der Waals surface area contributed by atoms with Gasteiger partial charge >= 0.3 is 0 Å². The van der Waals surface area contributed by atoms with Gasteiger partial charge < -0.3 is 44.8 Å². The average Bonchev–Trinajstić information content (AvgIpc) is 2.74. The maximum Gasteiger partial charge on any atom is 0.229 e. The van der Waals surface area contributed by atoms with Crippen molar-refractivity contribution in [3.63, 3.8) is 0 Å². The van der Waals surface area contributed by atoms with Gasteiger partial charge in [0.15, 0.2) is 5.78 Å². The molecule has 0 amide bonds. The van der Waals surface area contributed by atoms with Gasteiger partial charge in [0, 0.05) is 12.1 Å². The first-order chi connectivity index (χ1) is 14.8. The lowest BCUT2D eigenvalue weighted by molar-refractivity contribution is -0.277. The minimum atomic E-state index is -1.68. The number of ether oxygens (including phenoxy) is 3. The van der Waals surface area contributed by atoms with Crippen molar-refractivity contribution in [1.82, 2.24) is 0 Å². The molecule has 2 heterocycles. The third-order valence-corrected chi connectivity index (χ3v) is 5.33. The normalized spacial score (nSPS) is 30.4. The summed E-state index contributed by atoms with van der Waals surface area (Å²) in [4.78, 5) is 12.9. The van der Waals surface area contributed by atoms with Gasteiger partial charge in [-0.15, -0.1) is 0 Å². The molecule has 6 N–H and O–H groups in total. The van der Waals surface area contributed by atoms with E-state index in [2.05, 4.69) is 0 Å². The molecule has 1 fully saturated rings. The van der Waals surface area contributed by atoms with Gasteiger partial charge in [0.05, 0.1) is 13.0 Å². The maximum atomic E-state index is 12.9. The second kappa shape index (κ2) is 8.33. The van der Waals surface area contributed by atoms with Crippen LogP contribution in [0.4, 0.5) is 0 Å². The van der Waals surface area contributed by atoms with Crippen molar-refractivity contribution in [2.75, 3.05) is 6.61 Å². The number of aromatic hydroxyl groups is 2. The lowest BCUT2D eigenvalue weighted by Gasteiger charge is -2.40. The topological polar surface area (TPSA) is 166 Å². The molecular formula is C21H22O10. The van der Waals surface area contributed by atoms with Crippen LogP contribution < -0.4 is 9.47 Å². The van der Waals surface area contributed by atoms with Crippen molar-refractivity contribution in [3.05, 3.63) is 47.5 Å². The van der Waals surface area contributed by atoms with E-state index >= 15 is 0 Å². The molecule has 2 aliphatic rings. The summed E-state index contributed by atoms with van der Waals surface area (Å²) >= 11 is 0. The van der Waals surface area contributed by atoms with E-state index in [1.807, 2.05) is 0 Å². The number of phenols is 2. The largest absolute Gasteiger partial charge is 0.508 e. The number of phenolic OH excluding ortho intramolecular Hbond substituents is 2. The summed E-state index contributed by atoms with van der Waals surface area (Å²) in [5, 5.41) is 58.9. The maximum absolute atomic E-state index is 12.9. The standard InChI is InChI=1S/C21H22O10/c22-8-16-18(26)19(27)20(28)21(31-16)30-15-6-11(24)5-14-17(15)12(25)7-13(29-14)9-1-3-10(23)4-2-9/h1-6,13,16,18-24,26-28H,7-8H2/t13-,16-,18+,19+,20-,21-/m1/s1. The van der Waals surface area contributed by atoms with E-state index in [-0.39, 0.29) is 40.8 Å². The molecule has 0 spiro atoms. The summed E-state index contributed by atoms with van der Waals surface area (Å²) in [6.07, 6.45) is -8.31. The zero-order valence-corrected chi connectivity index (χ0v) is 16.2. The first kappa shape index (κ1) is 21.3. The number of ketones is 1. The first-order valence-corrected chi connectivity index (χ1v) is 9.61. The summed E-state index contributed by atoms with van der Waals surface area (Å²) in [6, 6.07) is 8.56. The second-order valence-corrected chi connectivity index (χ2v) is 7.46. The lowest BCUT2D eigenvalue weighted by Crippen LogP contribution is -2.60. The number of carbonyl (C=O) groups excluding carboxylic acids is 1. The van der Waals surface area contributed by atoms with Crippen LogP contribution in [0, 0.1) is 0 Å². The Morgan fingerprint density at radius 3 is 2.35 bits per heavy atom. The second-order valence-electron chi connectivity index (χ2n) is 7.46. The van der Waals surface area contributed by atoms with E-state index in [1.54, 1.807) is 12.1 Å². The highest BCUT2D eigenvalue weighted by Crippen LogP contribution is 2.43. The molecule has 1 saturated heterocycles. The molecule has 2 aromatic carbocycles. The van der Waals surface area contributed by atoms with Crippen LogP contribution >= 0.6 is 0 Å². The predicted molar refractivity (Wildman–Crippen MR) is 103 cm³/mol. The van der Waals surface area contributed by atoms with Crippen molar-refractivity contribution in [2.24, 2.45) is 0 Å². The fourth-order valence-electron chi connectivity index (χ4n) is 3.67. The van der Waals surface area contributed by atoms with Gasteiger partial charge in [-0.1, -0.05) is 12.1 Å². The van der Waals surface area contributed by atoms with Gasteiger partial charge in [-0.3, -0.25) is 4.79 Å². The number of fused-ring (bicyclic) bond motifs is 1. The third kappa shape index (κ3) is 4.03. The predicted octanol–water partition coefficient (Wildman–Crippen LogP) is -0.0170. The highest BCUT2D eigenvalue weighted by atomic mass is 16.7. The molecule has 0 bridgehead atoms. The molecule has 0 aromatic heterocycles. The smallest absolute Gasteiger partial charge is 0.229 e. The molecule has 0 saturated carbocycles. The highest BCUT2D eigenvalue weighted by molar-refractivity contribution is 6.02. The lowest BCUT2D eigenvalue weighted by atomic mass is 9.95. The quantitative estimate of drug-likeness (QED) is 0.385. The Bertz CT molecular complexity index is 957. The fraction of sp³-hybridized carbons (Fsp3) is 0.381. The number of aliphatic hydroxyl groups is 4. The van der Waals surface area contributed by atoms with Crippen molar-refractivity contribution in [3.8, 4) is 23.0 Å². The van der Waals surface area contributed by atoms with Crippen LogP contribution in [0.15, 0.2) is 36.4 Å². The molecular weight excluding hydrogens is 412 g/mol. The summed E-state index contributed by atoms with van der Waals surface area (Å²) < 4.78 is 16.8. The SMILES string of the molecule is O=C1C[C@H](c2ccc(O)cc2)Oc2cc(O)cc(O[C@@H]3O[C@H](CO)[C@H](O)[C@H](O)[C@H]3O)c21. The first-order valence-electron chi connectivity index (χ1n) is 9.61. The number of rotatable bonds is 4. The van der Waals surface area contributed by atoms with Gasteiger partial charge in [0.25, 0.3) is 0 Å². The van der Waals surface area contributed by atoms with Crippen molar-refractivity contribution in [1.29, 1.82) is 0 Å². The number of carbonyl (C=O) groups is 1. The number of hydrogen-bond acceptors (Lipinski definition) is 10. The van der Waals surface area contributed by atoms with E-state index in [1.165, 1.54) is 18.2 Å². The Labute approximate surface area is 176 Å².